The first kappa shape index (κ1) is 27.2. The molecule has 1 aliphatic heterocycles. The number of ether oxygens (including phenoxy) is 1. The summed E-state index contributed by atoms with van der Waals surface area (Å²) >= 11 is 13.2. The summed E-state index contributed by atoms with van der Waals surface area (Å²) in [6.07, 6.45) is 1.85. The molecule has 0 atom stereocenters. The quantitative estimate of drug-likeness (QED) is 0.404. The molecule has 0 bridgehead atoms. The van der Waals surface area contributed by atoms with Crippen LogP contribution < -0.4 is 10.0 Å². The van der Waals surface area contributed by atoms with Crippen molar-refractivity contribution in [2.24, 2.45) is 0 Å². The lowest BCUT2D eigenvalue weighted by atomic mass is 10.1. The fourth-order valence-corrected chi connectivity index (χ4v) is 5.68. The molecule has 2 heterocycles. The number of anilines is 1. The van der Waals surface area contributed by atoms with Gasteiger partial charge >= 0.3 is 6.09 Å². The third-order valence-electron chi connectivity index (χ3n) is 5.56. The number of nitrogens with one attached hydrogen (secondary N) is 2. The molecule has 9 nitrogen and oxygen atoms in total. The molecule has 2 N–H and O–H groups in total. The number of sulfonamides is 1. The fourth-order valence-electron chi connectivity index (χ4n) is 3.82. The van der Waals surface area contributed by atoms with Crippen LogP contribution in [0, 0.1) is 0 Å². The van der Waals surface area contributed by atoms with E-state index >= 15 is 0 Å². The lowest BCUT2D eigenvalue weighted by Gasteiger charge is -2.31. The minimum atomic E-state index is -3.36. The van der Waals surface area contributed by atoms with E-state index in [-0.39, 0.29) is 18.6 Å². The summed E-state index contributed by atoms with van der Waals surface area (Å²) in [5, 5.41) is 6.04. The van der Waals surface area contributed by atoms with Gasteiger partial charge in [-0.05, 0) is 48.7 Å². The van der Waals surface area contributed by atoms with Gasteiger partial charge in [-0.3, -0.25) is 9.52 Å². The topological polar surface area (TPSA) is 118 Å². The van der Waals surface area contributed by atoms with E-state index in [2.05, 4.69) is 15.0 Å². The second-order valence-electron chi connectivity index (χ2n) is 8.56. The summed E-state index contributed by atoms with van der Waals surface area (Å²) in [4.78, 5) is 31.2. The zero-order chi connectivity index (χ0) is 26.6. The van der Waals surface area contributed by atoms with Crippen LogP contribution in [0.3, 0.4) is 0 Å². The van der Waals surface area contributed by atoms with Crippen molar-refractivity contribution in [3.05, 3.63) is 68.5 Å². The van der Waals surface area contributed by atoms with Gasteiger partial charge in [0.05, 0.1) is 11.9 Å². The second kappa shape index (κ2) is 11.7. The van der Waals surface area contributed by atoms with Gasteiger partial charge in [0, 0.05) is 45.8 Å². The molecule has 0 unspecified atom stereocenters. The third-order valence-corrected chi connectivity index (χ3v) is 7.44. The lowest BCUT2D eigenvalue weighted by Crippen LogP contribution is -2.46. The Labute approximate surface area is 228 Å². The average Bonchev–Trinajstić information content (AvgIpc) is 3.32. The van der Waals surface area contributed by atoms with Crippen molar-refractivity contribution in [1.29, 1.82) is 0 Å². The number of hydrogen-bond acceptors (Lipinski definition) is 7. The molecular weight excluding hydrogens is 559 g/mol. The van der Waals surface area contributed by atoms with Crippen LogP contribution in [-0.2, 0) is 21.4 Å². The van der Waals surface area contributed by atoms with Gasteiger partial charge in [0.2, 0.25) is 10.0 Å². The number of benzene rings is 2. The average molecular weight is 584 g/mol. The van der Waals surface area contributed by atoms with E-state index in [1.54, 1.807) is 52.7 Å². The number of thiazole rings is 1. The highest BCUT2D eigenvalue weighted by Crippen LogP contribution is 2.24. The van der Waals surface area contributed by atoms with Crippen molar-refractivity contribution in [2.45, 2.75) is 25.5 Å². The highest BCUT2D eigenvalue weighted by Gasteiger charge is 2.26. The van der Waals surface area contributed by atoms with Gasteiger partial charge in [-0.25, -0.2) is 18.2 Å². The predicted octanol–water partition coefficient (Wildman–Crippen LogP) is 5.02. The van der Waals surface area contributed by atoms with Crippen LogP contribution in [0.2, 0.25) is 10.0 Å². The summed E-state index contributed by atoms with van der Waals surface area (Å²) in [6, 6.07) is 11.7. The maximum Gasteiger partial charge on any atom is 0.410 e. The number of rotatable bonds is 7. The molecule has 1 saturated heterocycles. The van der Waals surface area contributed by atoms with Crippen molar-refractivity contribution in [3.8, 4) is 11.3 Å². The maximum atomic E-state index is 12.7. The number of nitrogens with zero attached hydrogens (tertiary/aromatic N) is 2. The molecule has 0 aliphatic carbocycles. The number of halogens is 2. The maximum absolute atomic E-state index is 12.7. The minimum Gasteiger partial charge on any atom is -0.445 e. The summed E-state index contributed by atoms with van der Waals surface area (Å²) in [5.74, 6) is -0.273. The number of aromatic nitrogens is 1. The van der Waals surface area contributed by atoms with Gasteiger partial charge in [0.25, 0.3) is 5.91 Å². The first-order valence-corrected chi connectivity index (χ1v) is 14.8. The Morgan fingerprint density at radius 2 is 1.76 bits per heavy atom. The Morgan fingerprint density at radius 1 is 1.11 bits per heavy atom. The molecule has 0 saturated carbocycles. The van der Waals surface area contributed by atoms with Crippen LogP contribution in [-0.4, -0.2) is 55.7 Å². The van der Waals surface area contributed by atoms with Crippen molar-refractivity contribution < 1.29 is 22.7 Å². The van der Waals surface area contributed by atoms with Crippen molar-refractivity contribution in [3.63, 3.8) is 0 Å². The molecule has 13 heteroatoms. The molecule has 0 radical (unpaired) electrons. The number of likely N-dealkylation sites (tertiary alicyclic amines) is 1. The highest BCUT2D eigenvalue weighted by atomic mass is 35.5. The number of hydrogen-bond donors (Lipinski definition) is 2. The van der Waals surface area contributed by atoms with Crippen LogP contribution in [0.4, 0.5) is 10.5 Å². The summed E-state index contributed by atoms with van der Waals surface area (Å²) in [5.41, 5.74) is 2.54. The monoisotopic (exact) mass is 582 g/mol. The Kier molecular flexibility index (Phi) is 8.58. The van der Waals surface area contributed by atoms with E-state index in [9.17, 15) is 18.0 Å². The molecule has 4 rings (SSSR count). The Morgan fingerprint density at radius 3 is 2.38 bits per heavy atom. The normalized spacial score (nSPS) is 14.3. The molecule has 0 spiro atoms. The third kappa shape index (κ3) is 7.81. The predicted molar refractivity (Wildman–Crippen MR) is 145 cm³/mol. The molecule has 1 aliphatic rings. The molecular formula is C24H24Cl2N4O5S2. The number of piperidine rings is 1. The smallest absolute Gasteiger partial charge is 0.410 e. The van der Waals surface area contributed by atoms with Gasteiger partial charge < -0.3 is 15.0 Å². The Hall–Kier alpha value is -2.86. The van der Waals surface area contributed by atoms with Gasteiger partial charge in [-0.15, -0.1) is 11.3 Å². The number of carbonyl (C=O) groups excluding carboxylic acids is 2. The van der Waals surface area contributed by atoms with E-state index < -0.39 is 16.1 Å². The molecule has 3 aromatic rings. The van der Waals surface area contributed by atoms with E-state index in [4.69, 9.17) is 27.9 Å². The minimum absolute atomic E-state index is 0.0686. The van der Waals surface area contributed by atoms with E-state index in [0.717, 1.165) is 11.8 Å². The van der Waals surface area contributed by atoms with Crippen LogP contribution in [0.1, 0.15) is 28.2 Å². The highest BCUT2D eigenvalue weighted by molar-refractivity contribution is 7.92. The summed E-state index contributed by atoms with van der Waals surface area (Å²) < 4.78 is 30.5. The second-order valence-corrected chi connectivity index (χ2v) is 12.0. The standard InChI is InChI=1S/C24H24Cl2N4O5S2/c1-37(33,34)29-20-4-2-16(3-5-20)21-14-36-23(28-21)22(31)27-19-6-8-30(9-7-19)24(32)35-13-15-10-17(25)12-18(26)11-15/h2-5,10-12,14,19,29H,6-9,13H2,1H3,(H,27,31). The van der Waals surface area contributed by atoms with Crippen molar-refractivity contribution in [2.75, 3.05) is 24.1 Å². The number of carbonyl (C=O) groups is 2. The zero-order valence-electron chi connectivity index (χ0n) is 19.7. The molecule has 37 heavy (non-hydrogen) atoms. The van der Waals surface area contributed by atoms with E-state index in [1.807, 2.05) is 0 Å². The van der Waals surface area contributed by atoms with E-state index in [0.29, 0.717) is 57.9 Å². The first-order chi connectivity index (χ1) is 17.6. The lowest BCUT2D eigenvalue weighted by molar-refractivity contribution is 0.0809. The van der Waals surface area contributed by atoms with Crippen LogP contribution in [0.15, 0.2) is 47.8 Å². The Balaban J connectivity index is 1.25. The van der Waals surface area contributed by atoms with Crippen molar-refractivity contribution >= 4 is 62.2 Å². The van der Waals surface area contributed by atoms with Crippen molar-refractivity contribution in [1.82, 2.24) is 15.2 Å². The van der Waals surface area contributed by atoms with E-state index in [1.165, 1.54) is 11.3 Å². The largest absolute Gasteiger partial charge is 0.445 e. The SMILES string of the molecule is CS(=O)(=O)Nc1ccc(-c2csc(C(=O)NC3CCN(C(=O)OCc4cc(Cl)cc(Cl)c4)CC3)n2)cc1. The van der Waals surface area contributed by atoms with Crippen LogP contribution >= 0.6 is 34.5 Å². The Bertz CT molecular complexity index is 1370. The first-order valence-electron chi connectivity index (χ1n) is 11.3. The zero-order valence-corrected chi connectivity index (χ0v) is 22.9. The van der Waals surface area contributed by atoms with Gasteiger partial charge in [-0.2, -0.15) is 0 Å². The van der Waals surface area contributed by atoms with Gasteiger partial charge in [-0.1, -0.05) is 35.3 Å². The van der Waals surface area contributed by atoms with Gasteiger partial charge in [0.1, 0.15) is 6.61 Å². The van der Waals surface area contributed by atoms with Crippen LogP contribution in [0.25, 0.3) is 11.3 Å². The molecule has 1 fully saturated rings. The fraction of sp³-hybridized carbons (Fsp3) is 0.292. The molecule has 1 aromatic heterocycles. The molecule has 2 aromatic carbocycles. The summed E-state index contributed by atoms with van der Waals surface area (Å²) in [7, 11) is -3.36. The number of amides is 2. The molecule has 196 valence electrons. The summed E-state index contributed by atoms with van der Waals surface area (Å²) in [6.45, 7) is 0.979. The van der Waals surface area contributed by atoms with Gasteiger partial charge in [0.15, 0.2) is 5.01 Å². The molecule has 2 amide bonds. The van der Waals surface area contributed by atoms with Crippen LogP contribution in [0.5, 0.6) is 0 Å².